The number of amides is 1. The molecule has 0 saturated heterocycles. The number of primary amides is 1. The number of nitrogens with two attached hydrogens (primary N) is 1. The van der Waals surface area contributed by atoms with Crippen LogP contribution in [0.3, 0.4) is 0 Å². The maximum atomic E-state index is 11.5. The maximum Gasteiger partial charge on any atom is 0.217 e. The predicted octanol–water partition coefficient (Wildman–Crippen LogP) is 6.31. The lowest BCUT2D eigenvalue weighted by atomic mass is 9.68. The van der Waals surface area contributed by atoms with Crippen LogP contribution in [0.4, 0.5) is 0 Å². The highest BCUT2D eigenvalue weighted by Gasteiger charge is 2.47. The molecule has 1 unspecified atom stereocenters. The lowest BCUT2D eigenvalue weighted by Gasteiger charge is -2.48. The minimum absolute atomic E-state index is 0.0685. The first kappa shape index (κ1) is 21.3. The standard InChI is InChI=1S/C26H24Cl2N2O2/c27-18-12-20-21(14-26(9-3-10-26)32-25(20)22(28)13-18)19-6-1-4-16(7-8-23(29)31)24(19)17-5-2-11-30-15-17/h1-2,4-6,11-13,15,21H,3,7-10,14H2,(H2,29,31). The Hall–Kier alpha value is -2.56. The van der Waals surface area contributed by atoms with Gasteiger partial charge in [0.05, 0.1) is 5.02 Å². The van der Waals surface area contributed by atoms with E-state index < -0.39 is 0 Å². The van der Waals surface area contributed by atoms with E-state index in [0.29, 0.717) is 22.9 Å². The number of carbonyl (C=O) groups is 1. The van der Waals surface area contributed by atoms with Gasteiger partial charge in [-0.15, -0.1) is 0 Å². The van der Waals surface area contributed by atoms with Crippen molar-refractivity contribution >= 4 is 29.1 Å². The van der Waals surface area contributed by atoms with Gasteiger partial charge in [0.15, 0.2) is 0 Å². The largest absolute Gasteiger partial charge is 0.485 e. The maximum absolute atomic E-state index is 11.5. The summed E-state index contributed by atoms with van der Waals surface area (Å²) >= 11 is 13.0. The van der Waals surface area contributed by atoms with E-state index in [9.17, 15) is 4.79 Å². The summed E-state index contributed by atoms with van der Waals surface area (Å²) in [5.41, 5.74) is 10.7. The first-order valence-electron chi connectivity index (χ1n) is 10.9. The number of aromatic nitrogens is 1. The van der Waals surface area contributed by atoms with E-state index in [0.717, 1.165) is 53.7 Å². The molecule has 1 aliphatic carbocycles. The van der Waals surface area contributed by atoms with Crippen LogP contribution in [0.5, 0.6) is 5.75 Å². The van der Waals surface area contributed by atoms with Gasteiger partial charge in [-0.3, -0.25) is 9.78 Å². The van der Waals surface area contributed by atoms with Crippen LogP contribution in [-0.2, 0) is 11.2 Å². The van der Waals surface area contributed by atoms with Crippen molar-refractivity contribution in [3.05, 3.63) is 81.6 Å². The number of fused-ring (bicyclic) bond motifs is 1. The lowest BCUT2D eigenvalue weighted by Crippen LogP contribution is -2.47. The number of hydrogen-bond donors (Lipinski definition) is 1. The Balaban J connectivity index is 1.71. The first-order valence-corrected chi connectivity index (χ1v) is 11.7. The molecule has 6 heteroatoms. The predicted molar refractivity (Wildman–Crippen MR) is 127 cm³/mol. The minimum Gasteiger partial charge on any atom is -0.485 e. The van der Waals surface area contributed by atoms with Crippen LogP contribution >= 0.6 is 23.2 Å². The fourth-order valence-electron chi connectivity index (χ4n) is 5.08. The zero-order valence-electron chi connectivity index (χ0n) is 17.6. The Labute approximate surface area is 197 Å². The zero-order valence-corrected chi connectivity index (χ0v) is 19.1. The molecule has 3 aromatic rings. The Bertz CT molecular complexity index is 1180. The molecule has 0 bridgehead atoms. The highest BCUT2D eigenvalue weighted by atomic mass is 35.5. The summed E-state index contributed by atoms with van der Waals surface area (Å²) in [5, 5.41) is 1.15. The van der Waals surface area contributed by atoms with Crippen molar-refractivity contribution in [1.82, 2.24) is 4.98 Å². The summed E-state index contributed by atoms with van der Waals surface area (Å²) in [7, 11) is 0. The third-order valence-corrected chi connectivity index (χ3v) is 7.22. The second-order valence-corrected chi connectivity index (χ2v) is 9.63. The van der Waals surface area contributed by atoms with E-state index in [-0.39, 0.29) is 17.4 Å². The van der Waals surface area contributed by atoms with Crippen LogP contribution in [-0.4, -0.2) is 16.5 Å². The van der Waals surface area contributed by atoms with Gasteiger partial charge in [0.1, 0.15) is 11.4 Å². The van der Waals surface area contributed by atoms with Gasteiger partial charge in [0.25, 0.3) is 0 Å². The highest BCUT2D eigenvalue weighted by molar-refractivity contribution is 6.35. The molecular weight excluding hydrogens is 443 g/mol. The summed E-state index contributed by atoms with van der Waals surface area (Å²) in [5.74, 6) is 0.501. The van der Waals surface area contributed by atoms with E-state index in [1.807, 2.05) is 18.3 Å². The van der Waals surface area contributed by atoms with Crippen molar-refractivity contribution in [3.63, 3.8) is 0 Å². The van der Waals surface area contributed by atoms with Gasteiger partial charge in [-0.1, -0.05) is 47.5 Å². The second kappa shape index (κ2) is 8.42. The minimum atomic E-state index is -0.309. The zero-order chi connectivity index (χ0) is 22.3. The number of pyridine rings is 1. The molecule has 2 aliphatic rings. The summed E-state index contributed by atoms with van der Waals surface area (Å²) in [6, 6.07) is 14.0. The molecule has 1 aromatic heterocycles. The molecule has 1 saturated carbocycles. The molecule has 2 N–H and O–H groups in total. The molecule has 1 amide bonds. The molecule has 1 aliphatic heterocycles. The summed E-state index contributed by atoms with van der Waals surface area (Å²) in [6.45, 7) is 0. The number of ether oxygens (including phenoxy) is 1. The molecule has 1 atom stereocenters. The number of nitrogens with zero attached hydrogens (tertiary/aromatic N) is 1. The van der Waals surface area contributed by atoms with Gasteiger partial charge < -0.3 is 10.5 Å². The van der Waals surface area contributed by atoms with Gasteiger partial charge >= 0.3 is 0 Å². The summed E-state index contributed by atoms with van der Waals surface area (Å²) < 4.78 is 6.48. The average molecular weight is 467 g/mol. The smallest absolute Gasteiger partial charge is 0.217 e. The fourth-order valence-corrected chi connectivity index (χ4v) is 5.63. The number of benzene rings is 2. The first-order chi connectivity index (χ1) is 15.5. The Morgan fingerprint density at radius 2 is 2.00 bits per heavy atom. The topological polar surface area (TPSA) is 65.2 Å². The molecule has 1 spiro atoms. The van der Waals surface area contributed by atoms with Gasteiger partial charge in [-0.2, -0.15) is 0 Å². The second-order valence-electron chi connectivity index (χ2n) is 8.79. The number of hydrogen-bond acceptors (Lipinski definition) is 3. The van der Waals surface area contributed by atoms with Gasteiger partial charge in [-0.25, -0.2) is 0 Å². The van der Waals surface area contributed by atoms with Gasteiger partial charge in [0, 0.05) is 40.9 Å². The lowest BCUT2D eigenvalue weighted by molar-refractivity contribution is -0.117. The third-order valence-electron chi connectivity index (χ3n) is 6.72. The van der Waals surface area contributed by atoms with Crippen LogP contribution < -0.4 is 10.5 Å². The molecule has 32 heavy (non-hydrogen) atoms. The fraction of sp³-hybridized carbons (Fsp3) is 0.308. The van der Waals surface area contributed by atoms with Crippen LogP contribution in [0.1, 0.15) is 54.7 Å². The number of rotatable bonds is 5. The van der Waals surface area contributed by atoms with Crippen molar-refractivity contribution in [3.8, 4) is 16.9 Å². The monoisotopic (exact) mass is 466 g/mol. The molecule has 0 radical (unpaired) electrons. The molecule has 1 fully saturated rings. The van der Waals surface area contributed by atoms with Crippen molar-refractivity contribution in [2.45, 2.75) is 50.0 Å². The quantitative estimate of drug-likeness (QED) is 0.478. The molecule has 2 aromatic carbocycles. The Kier molecular flexibility index (Phi) is 5.60. The molecular formula is C26H24Cl2N2O2. The van der Waals surface area contributed by atoms with E-state index in [2.05, 4.69) is 29.2 Å². The number of carbonyl (C=O) groups excluding carboxylic acids is 1. The van der Waals surface area contributed by atoms with Crippen molar-refractivity contribution in [2.75, 3.05) is 0 Å². The van der Waals surface area contributed by atoms with Crippen molar-refractivity contribution in [1.29, 1.82) is 0 Å². The van der Waals surface area contributed by atoms with E-state index in [4.69, 9.17) is 33.7 Å². The van der Waals surface area contributed by atoms with Crippen LogP contribution in [0.15, 0.2) is 54.9 Å². The Morgan fingerprint density at radius 1 is 1.16 bits per heavy atom. The van der Waals surface area contributed by atoms with Crippen molar-refractivity contribution < 1.29 is 9.53 Å². The van der Waals surface area contributed by atoms with Crippen LogP contribution in [0.2, 0.25) is 10.0 Å². The average Bonchev–Trinajstić information content (AvgIpc) is 2.76. The molecule has 5 rings (SSSR count). The van der Waals surface area contributed by atoms with E-state index >= 15 is 0 Å². The Morgan fingerprint density at radius 3 is 2.69 bits per heavy atom. The molecule has 164 valence electrons. The van der Waals surface area contributed by atoms with E-state index in [1.165, 1.54) is 5.56 Å². The van der Waals surface area contributed by atoms with Gasteiger partial charge in [0.2, 0.25) is 5.91 Å². The molecule has 2 heterocycles. The summed E-state index contributed by atoms with van der Waals surface area (Å²) in [6.07, 6.45) is 8.56. The van der Waals surface area contributed by atoms with Crippen LogP contribution in [0.25, 0.3) is 11.1 Å². The highest BCUT2D eigenvalue weighted by Crippen LogP contribution is 2.55. The number of halogens is 2. The number of aryl methyl sites for hydroxylation is 1. The van der Waals surface area contributed by atoms with Crippen molar-refractivity contribution in [2.24, 2.45) is 5.73 Å². The normalized spacial score (nSPS) is 18.5. The van der Waals surface area contributed by atoms with Gasteiger partial charge in [-0.05, 0) is 67.0 Å². The molecule has 4 nitrogen and oxygen atoms in total. The SMILES string of the molecule is NC(=O)CCc1cccc(C2CC3(CCC3)Oc3c(Cl)cc(Cl)cc32)c1-c1cccnc1. The van der Waals surface area contributed by atoms with E-state index in [1.54, 1.807) is 12.3 Å². The third kappa shape index (κ3) is 3.87. The summed E-state index contributed by atoms with van der Waals surface area (Å²) in [4.78, 5) is 15.9. The van der Waals surface area contributed by atoms with Crippen LogP contribution in [0, 0.1) is 0 Å².